The maximum absolute atomic E-state index is 12.6. The summed E-state index contributed by atoms with van der Waals surface area (Å²) in [6, 6.07) is 0. The number of amides is 2. The van der Waals surface area contributed by atoms with E-state index in [1.54, 1.807) is 17.3 Å². The van der Waals surface area contributed by atoms with Gasteiger partial charge in [-0.3, -0.25) is 4.79 Å². The summed E-state index contributed by atoms with van der Waals surface area (Å²) in [5.41, 5.74) is -0.115. The van der Waals surface area contributed by atoms with Gasteiger partial charge in [-0.1, -0.05) is 20.8 Å². The summed E-state index contributed by atoms with van der Waals surface area (Å²) in [4.78, 5) is 35.0. The van der Waals surface area contributed by atoms with Gasteiger partial charge in [0, 0.05) is 18.5 Å². The number of carbonyl (C=O) groups excluding carboxylic acids is 2. The van der Waals surface area contributed by atoms with Gasteiger partial charge in [0.15, 0.2) is 0 Å². The molecule has 1 aliphatic rings. The zero-order valence-electron chi connectivity index (χ0n) is 16.6. The van der Waals surface area contributed by atoms with Crippen LogP contribution in [0.1, 0.15) is 60.2 Å². The molecule has 1 N–H and O–H groups in total. The van der Waals surface area contributed by atoms with Crippen molar-refractivity contribution in [2.45, 2.75) is 65.4 Å². The minimum absolute atomic E-state index is 0.120. The molecule has 1 aromatic heterocycles. The van der Waals surface area contributed by atoms with Gasteiger partial charge in [0.2, 0.25) is 5.91 Å². The monoisotopic (exact) mass is 362 g/mol. The zero-order valence-corrected chi connectivity index (χ0v) is 16.6. The third kappa shape index (κ3) is 5.68. The van der Waals surface area contributed by atoms with Gasteiger partial charge in [-0.05, 0) is 33.6 Å². The Morgan fingerprint density at radius 2 is 1.77 bits per heavy atom. The Morgan fingerprint density at radius 1 is 1.15 bits per heavy atom. The highest BCUT2D eigenvalue weighted by Crippen LogP contribution is 2.22. The molecule has 144 valence electrons. The van der Waals surface area contributed by atoms with E-state index in [-0.39, 0.29) is 23.3 Å². The number of anilines is 1. The third-order valence-electron chi connectivity index (χ3n) is 4.03. The molecule has 2 heterocycles. The molecule has 1 saturated heterocycles. The van der Waals surface area contributed by atoms with E-state index in [4.69, 9.17) is 4.74 Å². The minimum atomic E-state index is -0.543. The van der Waals surface area contributed by atoms with E-state index in [2.05, 4.69) is 15.3 Å². The second kappa shape index (κ2) is 7.60. The molecule has 7 heteroatoms. The van der Waals surface area contributed by atoms with Crippen molar-refractivity contribution in [3.8, 4) is 0 Å². The van der Waals surface area contributed by atoms with Crippen LogP contribution < -0.4 is 5.32 Å². The Labute approximate surface area is 155 Å². The van der Waals surface area contributed by atoms with Crippen LogP contribution in [0.4, 0.5) is 10.5 Å². The summed E-state index contributed by atoms with van der Waals surface area (Å²) in [5, 5.41) is 2.86. The van der Waals surface area contributed by atoms with Crippen molar-refractivity contribution >= 4 is 17.7 Å². The molecule has 0 bridgehead atoms. The van der Waals surface area contributed by atoms with Gasteiger partial charge in [0.25, 0.3) is 0 Å². The van der Waals surface area contributed by atoms with E-state index in [9.17, 15) is 9.59 Å². The van der Waals surface area contributed by atoms with Crippen molar-refractivity contribution in [2.24, 2.45) is 5.92 Å². The van der Waals surface area contributed by atoms with Crippen LogP contribution in [0.3, 0.4) is 0 Å². The molecular formula is C19H30N4O3. The van der Waals surface area contributed by atoms with Crippen molar-refractivity contribution in [2.75, 3.05) is 18.4 Å². The molecule has 0 spiro atoms. The standard InChI is InChI=1S/C19H30N4O3/c1-18(2,3)16-20-10-14(11-21-16)22-15(24)13-8-7-9-23(12-13)17(25)26-19(4,5)6/h10-11,13H,7-9,12H2,1-6H3,(H,22,24). The molecule has 2 rings (SSSR count). The maximum atomic E-state index is 12.6. The van der Waals surface area contributed by atoms with E-state index >= 15 is 0 Å². The van der Waals surface area contributed by atoms with Crippen molar-refractivity contribution in [1.29, 1.82) is 0 Å². The zero-order chi connectivity index (χ0) is 19.5. The third-order valence-corrected chi connectivity index (χ3v) is 4.03. The minimum Gasteiger partial charge on any atom is -0.444 e. The second-order valence-electron chi connectivity index (χ2n) is 8.80. The number of piperidine rings is 1. The number of nitrogens with one attached hydrogen (secondary N) is 1. The first kappa shape index (κ1) is 20.1. The molecule has 0 radical (unpaired) electrons. The SMILES string of the molecule is CC(C)(C)OC(=O)N1CCCC(C(=O)Nc2cnc(C(C)(C)C)nc2)C1. The van der Waals surface area contributed by atoms with Crippen LogP contribution in [0.25, 0.3) is 0 Å². The summed E-state index contributed by atoms with van der Waals surface area (Å²) in [6.07, 6.45) is 4.40. The average molecular weight is 362 g/mol. The summed E-state index contributed by atoms with van der Waals surface area (Å²) >= 11 is 0. The van der Waals surface area contributed by atoms with Crippen LogP contribution in [-0.4, -0.2) is 45.6 Å². The number of hydrogen-bond acceptors (Lipinski definition) is 5. The number of likely N-dealkylation sites (tertiary alicyclic amines) is 1. The van der Waals surface area contributed by atoms with Gasteiger partial charge in [0.1, 0.15) is 11.4 Å². The largest absolute Gasteiger partial charge is 0.444 e. The normalized spacial score (nSPS) is 18.4. The lowest BCUT2D eigenvalue weighted by atomic mass is 9.96. The Morgan fingerprint density at radius 3 is 2.31 bits per heavy atom. The Balaban J connectivity index is 1.95. The van der Waals surface area contributed by atoms with Crippen molar-refractivity contribution in [1.82, 2.24) is 14.9 Å². The average Bonchev–Trinajstić information content (AvgIpc) is 2.53. The molecule has 1 aromatic rings. The van der Waals surface area contributed by atoms with E-state index < -0.39 is 5.60 Å². The fourth-order valence-corrected chi connectivity index (χ4v) is 2.71. The Hall–Kier alpha value is -2.18. The molecular weight excluding hydrogens is 332 g/mol. The van der Waals surface area contributed by atoms with Crippen LogP contribution in [0.5, 0.6) is 0 Å². The van der Waals surface area contributed by atoms with E-state index in [1.807, 2.05) is 41.5 Å². The van der Waals surface area contributed by atoms with Crippen LogP contribution in [0.2, 0.25) is 0 Å². The molecule has 0 aromatic carbocycles. The van der Waals surface area contributed by atoms with Crippen LogP contribution in [0.15, 0.2) is 12.4 Å². The molecule has 7 nitrogen and oxygen atoms in total. The maximum Gasteiger partial charge on any atom is 0.410 e. The summed E-state index contributed by atoms with van der Waals surface area (Å²) in [5.74, 6) is 0.341. The highest BCUT2D eigenvalue weighted by Gasteiger charge is 2.31. The first-order valence-electron chi connectivity index (χ1n) is 9.07. The molecule has 26 heavy (non-hydrogen) atoms. The number of rotatable bonds is 2. The number of aromatic nitrogens is 2. The second-order valence-corrected chi connectivity index (χ2v) is 8.80. The van der Waals surface area contributed by atoms with Crippen LogP contribution in [-0.2, 0) is 14.9 Å². The molecule has 1 fully saturated rings. The number of ether oxygens (including phenoxy) is 1. The fraction of sp³-hybridized carbons (Fsp3) is 0.684. The highest BCUT2D eigenvalue weighted by atomic mass is 16.6. The van der Waals surface area contributed by atoms with Crippen molar-refractivity contribution in [3.05, 3.63) is 18.2 Å². The molecule has 1 aliphatic heterocycles. The molecule has 1 unspecified atom stereocenters. The lowest BCUT2D eigenvalue weighted by molar-refractivity contribution is -0.121. The Kier molecular flexibility index (Phi) is 5.88. The number of carbonyl (C=O) groups is 2. The summed E-state index contributed by atoms with van der Waals surface area (Å²) in [7, 11) is 0. The van der Waals surface area contributed by atoms with Crippen LogP contribution in [0, 0.1) is 5.92 Å². The molecule has 0 saturated carbocycles. The van der Waals surface area contributed by atoms with Gasteiger partial charge >= 0.3 is 6.09 Å². The summed E-state index contributed by atoms with van der Waals surface area (Å²) < 4.78 is 5.40. The lowest BCUT2D eigenvalue weighted by Gasteiger charge is -2.33. The van der Waals surface area contributed by atoms with Gasteiger partial charge in [-0.25, -0.2) is 14.8 Å². The van der Waals surface area contributed by atoms with E-state index in [1.165, 1.54) is 0 Å². The van der Waals surface area contributed by atoms with Crippen LogP contribution >= 0.6 is 0 Å². The smallest absolute Gasteiger partial charge is 0.410 e. The Bertz CT molecular complexity index is 644. The number of nitrogens with zero attached hydrogens (tertiary/aromatic N) is 3. The van der Waals surface area contributed by atoms with Crippen molar-refractivity contribution < 1.29 is 14.3 Å². The van der Waals surface area contributed by atoms with E-state index in [0.717, 1.165) is 18.7 Å². The molecule has 0 aliphatic carbocycles. The van der Waals surface area contributed by atoms with Crippen molar-refractivity contribution in [3.63, 3.8) is 0 Å². The van der Waals surface area contributed by atoms with Gasteiger partial charge in [0.05, 0.1) is 24.0 Å². The van der Waals surface area contributed by atoms with Gasteiger partial charge < -0.3 is 15.0 Å². The topological polar surface area (TPSA) is 84.4 Å². The molecule has 2 amide bonds. The summed E-state index contributed by atoms with van der Waals surface area (Å²) in [6.45, 7) is 12.6. The first-order chi connectivity index (χ1) is 12.0. The quantitative estimate of drug-likeness (QED) is 0.872. The first-order valence-corrected chi connectivity index (χ1v) is 9.07. The fourth-order valence-electron chi connectivity index (χ4n) is 2.71. The number of hydrogen-bond donors (Lipinski definition) is 1. The van der Waals surface area contributed by atoms with Gasteiger partial charge in [-0.2, -0.15) is 0 Å². The lowest BCUT2D eigenvalue weighted by Crippen LogP contribution is -2.45. The van der Waals surface area contributed by atoms with E-state index in [0.29, 0.717) is 18.8 Å². The highest BCUT2D eigenvalue weighted by molar-refractivity contribution is 5.92. The predicted molar refractivity (Wildman–Crippen MR) is 99.9 cm³/mol. The van der Waals surface area contributed by atoms with Gasteiger partial charge in [-0.15, -0.1) is 0 Å². The molecule has 1 atom stereocenters. The predicted octanol–water partition coefficient (Wildman–Crippen LogP) is 3.36.